The minimum Gasteiger partial charge on any atom is -0.484 e. The molecule has 1 amide bonds. The number of halogens is 1. The van der Waals surface area contributed by atoms with Gasteiger partial charge in [0.1, 0.15) is 11.6 Å². The largest absolute Gasteiger partial charge is 0.484 e. The van der Waals surface area contributed by atoms with Crippen LogP contribution in [-0.4, -0.2) is 17.5 Å². The van der Waals surface area contributed by atoms with Crippen LogP contribution < -0.4 is 10.1 Å². The second kappa shape index (κ2) is 6.28. The van der Waals surface area contributed by atoms with Gasteiger partial charge in [-0.05, 0) is 36.4 Å². The van der Waals surface area contributed by atoms with E-state index in [0.717, 1.165) is 21.8 Å². The van der Waals surface area contributed by atoms with Crippen LogP contribution in [0.4, 0.5) is 10.1 Å². The zero-order valence-electron chi connectivity index (χ0n) is 13.3. The highest BCUT2D eigenvalue weighted by Gasteiger charge is 2.07. The highest BCUT2D eigenvalue weighted by molar-refractivity contribution is 6.07. The van der Waals surface area contributed by atoms with E-state index in [2.05, 4.69) is 16.4 Å². The lowest BCUT2D eigenvalue weighted by Crippen LogP contribution is -2.20. The van der Waals surface area contributed by atoms with Gasteiger partial charge in [-0.2, -0.15) is 0 Å². The van der Waals surface area contributed by atoms with Crippen LogP contribution in [0.15, 0.2) is 66.7 Å². The van der Waals surface area contributed by atoms with Gasteiger partial charge in [-0.15, -0.1) is 0 Å². The van der Waals surface area contributed by atoms with E-state index in [1.807, 2.05) is 36.4 Å². The minimum atomic E-state index is -0.400. The normalized spacial score (nSPS) is 10.9. The maximum atomic E-state index is 13.1. The highest BCUT2D eigenvalue weighted by atomic mass is 19.1. The number of anilines is 1. The van der Waals surface area contributed by atoms with Gasteiger partial charge in [0.25, 0.3) is 5.91 Å². The summed E-state index contributed by atoms with van der Waals surface area (Å²) in [6.07, 6.45) is 0. The van der Waals surface area contributed by atoms with E-state index in [9.17, 15) is 9.18 Å². The zero-order chi connectivity index (χ0) is 17.2. The summed E-state index contributed by atoms with van der Waals surface area (Å²) in [6, 6.07) is 19.5. The Balaban J connectivity index is 1.47. The fourth-order valence-corrected chi connectivity index (χ4v) is 2.84. The summed E-state index contributed by atoms with van der Waals surface area (Å²) in [5.41, 5.74) is 2.41. The number of carbonyl (C=O) groups excluding carboxylic acids is 1. The number of H-pyrrole nitrogens is 1. The summed E-state index contributed by atoms with van der Waals surface area (Å²) in [7, 11) is 0. The predicted molar refractivity (Wildman–Crippen MR) is 96.3 cm³/mol. The van der Waals surface area contributed by atoms with Crippen molar-refractivity contribution in [3.63, 3.8) is 0 Å². The number of benzene rings is 3. The van der Waals surface area contributed by atoms with E-state index in [-0.39, 0.29) is 12.5 Å². The lowest BCUT2D eigenvalue weighted by molar-refractivity contribution is -0.118. The number of rotatable bonds is 4. The fourth-order valence-electron chi connectivity index (χ4n) is 2.84. The number of para-hydroxylation sites is 1. The average molecular weight is 334 g/mol. The van der Waals surface area contributed by atoms with Gasteiger partial charge in [0.2, 0.25) is 0 Å². The molecule has 0 aliphatic rings. The average Bonchev–Trinajstić information content (AvgIpc) is 2.98. The summed E-state index contributed by atoms with van der Waals surface area (Å²) >= 11 is 0. The lowest BCUT2D eigenvalue weighted by Gasteiger charge is -2.07. The van der Waals surface area contributed by atoms with Crippen molar-refractivity contribution < 1.29 is 13.9 Å². The van der Waals surface area contributed by atoms with Gasteiger partial charge in [-0.1, -0.05) is 24.3 Å². The maximum absolute atomic E-state index is 13.1. The van der Waals surface area contributed by atoms with Crippen molar-refractivity contribution in [2.75, 3.05) is 11.9 Å². The third-order valence-corrected chi connectivity index (χ3v) is 3.96. The molecular weight excluding hydrogens is 319 g/mol. The summed E-state index contributed by atoms with van der Waals surface area (Å²) < 4.78 is 18.7. The molecule has 0 bridgehead atoms. The first kappa shape index (κ1) is 15.2. The molecule has 0 spiro atoms. The Hall–Kier alpha value is -3.34. The van der Waals surface area contributed by atoms with Crippen molar-refractivity contribution in [2.45, 2.75) is 0 Å². The Kier molecular flexibility index (Phi) is 3.82. The molecule has 0 saturated heterocycles. The molecule has 0 aliphatic heterocycles. The second-order valence-corrected chi connectivity index (χ2v) is 5.73. The van der Waals surface area contributed by atoms with Gasteiger partial charge in [-0.3, -0.25) is 4.79 Å². The molecule has 0 aliphatic carbocycles. The maximum Gasteiger partial charge on any atom is 0.262 e. The number of ether oxygens (including phenoxy) is 1. The van der Waals surface area contributed by atoms with Crippen LogP contribution >= 0.6 is 0 Å². The van der Waals surface area contributed by atoms with E-state index in [1.165, 1.54) is 18.2 Å². The van der Waals surface area contributed by atoms with E-state index in [0.29, 0.717) is 11.4 Å². The van der Waals surface area contributed by atoms with Gasteiger partial charge in [0.05, 0.1) is 5.52 Å². The summed E-state index contributed by atoms with van der Waals surface area (Å²) in [6.45, 7) is -0.151. The molecule has 1 heterocycles. The number of aromatic amines is 1. The van der Waals surface area contributed by atoms with Crippen LogP contribution in [0.5, 0.6) is 5.75 Å². The quantitative estimate of drug-likeness (QED) is 0.578. The third-order valence-electron chi connectivity index (χ3n) is 3.96. The van der Waals surface area contributed by atoms with Gasteiger partial charge in [-0.25, -0.2) is 4.39 Å². The second-order valence-electron chi connectivity index (χ2n) is 5.73. The molecule has 2 N–H and O–H groups in total. The number of fused-ring (bicyclic) bond motifs is 3. The molecule has 4 aromatic rings. The van der Waals surface area contributed by atoms with Crippen LogP contribution in [0, 0.1) is 5.82 Å². The molecule has 0 radical (unpaired) electrons. The molecule has 1 aromatic heterocycles. The highest BCUT2D eigenvalue weighted by Crippen LogP contribution is 2.28. The number of carbonyl (C=O) groups is 1. The van der Waals surface area contributed by atoms with E-state index in [1.54, 1.807) is 6.07 Å². The van der Waals surface area contributed by atoms with Crippen LogP contribution in [0.1, 0.15) is 0 Å². The van der Waals surface area contributed by atoms with Crippen LogP contribution in [0.2, 0.25) is 0 Å². The van der Waals surface area contributed by atoms with Crippen molar-refractivity contribution in [3.8, 4) is 5.75 Å². The smallest absolute Gasteiger partial charge is 0.262 e. The molecule has 0 atom stereocenters. The van der Waals surface area contributed by atoms with Gasteiger partial charge in [0, 0.05) is 28.0 Å². The molecule has 4 rings (SSSR count). The monoisotopic (exact) mass is 334 g/mol. The molecule has 0 unspecified atom stereocenters. The summed E-state index contributed by atoms with van der Waals surface area (Å²) in [4.78, 5) is 15.3. The first-order valence-electron chi connectivity index (χ1n) is 7.88. The first-order chi connectivity index (χ1) is 12.2. The Morgan fingerprint density at radius 3 is 2.68 bits per heavy atom. The predicted octanol–water partition coefficient (Wildman–Crippen LogP) is 4.48. The van der Waals surface area contributed by atoms with Gasteiger partial charge < -0.3 is 15.0 Å². The van der Waals surface area contributed by atoms with Crippen molar-refractivity contribution >= 4 is 33.4 Å². The minimum absolute atomic E-state index is 0.151. The SMILES string of the molecule is O=C(COc1ccc2c(c1)[nH]c1ccccc12)Nc1cccc(F)c1. The molecule has 0 fully saturated rings. The molecule has 124 valence electrons. The number of hydrogen-bond donors (Lipinski definition) is 2. The molecule has 0 saturated carbocycles. The molecule has 5 heteroatoms. The standard InChI is InChI=1S/C20H15FN2O2/c21-13-4-3-5-14(10-13)22-20(24)12-25-15-8-9-17-16-6-1-2-7-18(16)23-19(17)11-15/h1-11,23H,12H2,(H,22,24). The first-order valence-corrected chi connectivity index (χ1v) is 7.88. The van der Waals surface area contributed by atoms with E-state index >= 15 is 0 Å². The Morgan fingerprint density at radius 2 is 1.80 bits per heavy atom. The zero-order valence-corrected chi connectivity index (χ0v) is 13.3. The van der Waals surface area contributed by atoms with Crippen LogP contribution in [0.25, 0.3) is 21.8 Å². The van der Waals surface area contributed by atoms with Crippen LogP contribution in [0.3, 0.4) is 0 Å². The number of amides is 1. The van der Waals surface area contributed by atoms with Crippen molar-refractivity contribution in [1.82, 2.24) is 4.98 Å². The molecule has 3 aromatic carbocycles. The molecular formula is C20H15FN2O2. The number of aromatic nitrogens is 1. The Morgan fingerprint density at radius 1 is 0.960 bits per heavy atom. The van der Waals surface area contributed by atoms with Crippen molar-refractivity contribution in [1.29, 1.82) is 0 Å². The van der Waals surface area contributed by atoms with E-state index < -0.39 is 5.82 Å². The van der Waals surface area contributed by atoms with Crippen molar-refractivity contribution in [3.05, 3.63) is 72.5 Å². The van der Waals surface area contributed by atoms with Gasteiger partial charge >= 0.3 is 0 Å². The third kappa shape index (κ3) is 3.17. The van der Waals surface area contributed by atoms with Crippen molar-refractivity contribution in [2.24, 2.45) is 0 Å². The van der Waals surface area contributed by atoms with E-state index in [4.69, 9.17) is 4.74 Å². The molecule has 25 heavy (non-hydrogen) atoms. The summed E-state index contributed by atoms with van der Waals surface area (Å²) in [5.74, 6) is -0.154. The van der Waals surface area contributed by atoms with Crippen LogP contribution in [-0.2, 0) is 4.79 Å². The number of hydrogen-bond acceptors (Lipinski definition) is 2. The topological polar surface area (TPSA) is 54.1 Å². The Bertz CT molecular complexity index is 1070. The Labute approximate surface area is 143 Å². The number of nitrogens with one attached hydrogen (secondary N) is 2. The van der Waals surface area contributed by atoms with Gasteiger partial charge in [0.15, 0.2) is 6.61 Å². The molecule has 4 nitrogen and oxygen atoms in total. The fraction of sp³-hybridized carbons (Fsp3) is 0.0500. The lowest BCUT2D eigenvalue weighted by atomic mass is 10.1. The summed E-state index contributed by atoms with van der Waals surface area (Å²) in [5, 5.41) is 4.85.